The molecule has 1 aromatic rings. The number of nitrogens with zero attached hydrogens (tertiary/aromatic N) is 2. The molecule has 4 nitrogen and oxygen atoms in total. The van der Waals surface area contributed by atoms with E-state index in [9.17, 15) is 4.79 Å². The summed E-state index contributed by atoms with van der Waals surface area (Å²) < 4.78 is 5.80. The molecule has 0 spiro atoms. The molecule has 0 radical (unpaired) electrons. The van der Waals surface area contributed by atoms with Crippen molar-refractivity contribution < 1.29 is 9.53 Å². The van der Waals surface area contributed by atoms with Crippen LogP contribution in [-0.4, -0.2) is 55.5 Å². The molecular formula is C15H22N2O2. The lowest BCUT2D eigenvalue weighted by Crippen LogP contribution is -2.46. The van der Waals surface area contributed by atoms with Crippen molar-refractivity contribution in [3.05, 3.63) is 29.3 Å². The van der Waals surface area contributed by atoms with E-state index >= 15 is 0 Å². The first-order valence-corrected chi connectivity index (χ1v) is 6.80. The van der Waals surface area contributed by atoms with E-state index in [-0.39, 0.29) is 0 Å². The first-order valence-electron chi connectivity index (χ1n) is 6.80. The van der Waals surface area contributed by atoms with Crippen LogP contribution in [0.3, 0.4) is 0 Å². The van der Waals surface area contributed by atoms with E-state index in [0.29, 0.717) is 6.61 Å². The molecule has 1 amide bonds. The zero-order valence-corrected chi connectivity index (χ0v) is 11.8. The maximum Gasteiger partial charge on any atom is 0.209 e. The van der Waals surface area contributed by atoms with E-state index in [0.717, 1.165) is 44.9 Å². The fourth-order valence-electron chi connectivity index (χ4n) is 2.40. The second-order valence-corrected chi connectivity index (χ2v) is 5.15. The van der Waals surface area contributed by atoms with Crippen molar-refractivity contribution in [1.82, 2.24) is 9.80 Å². The molecule has 1 aliphatic heterocycles. The highest BCUT2D eigenvalue weighted by Crippen LogP contribution is 2.16. The summed E-state index contributed by atoms with van der Waals surface area (Å²) in [6.07, 6.45) is 0.934. The molecule has 19 heavy (non-hydrogen) atoms. The highest BCUT2D eigenvalue weighted by molar-refractivity contribution is 5.47. The van der Waals surface area contributed by atoms with Gasteiger partial charge in [0.15, 0.2) is 0 Å². The summed E-state index contributed by atoms with van der Waals surface area (Å²) in [4.78, 5) is 14.8. The van der Waals surface area contributed by atoms with Gasteiger partial charge in [0, 0.05) is 32.7 Å². The topological polar surface area (TPSA) is 32.8 Å². The van der Waals surface area contributed by atoms with Crippen molar-refractivity contribution in [1.29, 1.82) is 0 Å². The summed E-state index contributed by atoms with van der Waals surface area (Å²) >= 11 is 0. The number of piperazine rings is 1. The van der Waals surface area contributed by atoms with Crippen molar-refractivity contribution in [2.45, 2.75) is 13.8 Å². The van der Waals surface area contributed by atoms with Crippen molar-refractivity contribution in [3.63, 3.8) is 0 Å². The van der Waals surface area contributed by atoms with Gasteiger partial charge in [0.2, 0.25) is 6.41 Å². The minimum atomic E-state index is 0.698. The van der Waals surface area contributed by atoms with Crippen LogP contribution in [0.15, 0.2) is 18.2 Å². The monoisotopic (exact) mass is 262 g/mol. The lowest BCUT2D eigenvalue weighted by molar-refractivity contribution is -0.119. The van der Waals surface area contributed by atoms with Gasteiger partial charge in [0.1, 0.15) is 12.4 Å². The SMILES string of the molecule is Cc1cc(C)cc(OCCN2CCN(C=O)CC2)c1. The Morgan fingerprint density at radius 1 is 1.11 bits per heavy atom. The summed E-state index contributed by atoms with van der Waals surface area (Å²) in [5, 5.41) is 0. The zero-order chi connectivity index (χ0) is 13.7. The third-order valence-corrected chi connectivity index (χ3v) is 3.43. The van der Waals surface area contributed by atoms with E-state index in [1.165, 1.54) is 11.1 Å². The van der Waals surface area contributed by atoms with Gasteiger partial charge in [-0.1, -0.05) is 6.07 Å². The summed E-state index contributed by atoms with van der Waals surface area (Å²) in [6, 6.07) is 6.28. The number of carbonyl (C=O) groups is 1. The lowest BCUT2D eigenvalue weighted by Gasteiger charge is -2.32. The Labute approximate surface area is 115 Å². The molecule has 1 saturated heterocycles. The molecule has 1 fully saturated rings. The smallest absolute Gasteiger partial charge is 0.209 e. The van der Waals surface area contributed by atoms with Gasteiger partial charge in [0.25, 0.3) is 0 Å². The van der Waals surface area contributed by atoms with Gasteiger partial charge < -0.3 is 9.64 Å². The second-order valence-electron chi connectivity index (χ2n) is 5.15. The van der Waals surface area contributed by atoms with Crippen LogP contribution in [-0.2, 0) is 4.79 Å². The maximum absolute atomic E-state index is 10.6. The van der Waals surface area contributed by atoms with Gasteiger partial charge in [-0.15, -0.1) is 0 Å². The van der Waals surface area contributed by atoms with E-state index in [1.807, 2.05) is 4.90 Å². The molecule has 0 atom stereocenters. The average Bonchev–Trinajstić information content (AvgIpc) is 2.38. The summed E-state index contributed by atoms with van der Waals surface area (Å²) in [5.41, 5.74) is 2.46. The molecule has 4 heteroatoms. The van der Waals surface area contributed by atoms with Crippen LogP contribution in [0.4, 0.5) is 0 Å². The zero-order valence-electron chi connectivity index (χ0n) is 11.8. The Balaban J connectivity index is 1.73. The van der Waals surface area contributed by atoms with Gasteiger partial charge in [0.05, 0.1) is 0 Å². The third-order valence-electron chi connectivity index (χ3n) is 3.43. The van der Waals surface area contributed by atoms with Crippen molar-refractivity contribution in [2.75, 3.05) is 39.3 Å². The number of hydrogen-bond donors (Lipinski definition) is 0. The highest BCUT2D eigenvalue weighted by atomic mass is 16.5. The van der Waals surface area contributed by atoms with Crippen LogP contribution >= 0.6 is 0 Å². The Morgan fingerprint density at radius 3 is 2.32 bits per heavy atom. The summed E-state index contributed by atoms with van der Waals surface area (Å²) in [7, 11) is 0. The van der Waals surface area contributed by atoms with E-state index < -0.39 is 0 Å². The van der Waals surface area contributed by atoms with E-state index in [2.05, 4.69) is 36.9 Å². The van der Waals surface area contributed by atoms with E-state index in [1.54, 1.807) is 0 Å². The number of carbonyl (C=O) groups excluding carboxylic acids is 1. The molecule has 1 aromatic carbocycles. The predicted molar refractivity (Wildman–Crippen MR) is 75.5 cm³/mol. The predicted octanol–water partition coefficient (Wildman–Crippen LogP) is 1.46. The molecule has 1 aliphatic rings. The molecule has 0 aromatic heterocycles. The molecule has 0 bridgehead atoms. The number of aryl methyl sites for hydroxylation is 2. The molecule has 0 N–H and O–H groups in total. The Bertz CT molecular complexity index is 406. The van der Waals surface area contributed by atoms with Crippen LogP contribution in [0, 0.1) is 13.8 Å². The third kappa shape index (κ3) is 4.24. The van der Waals surface area contributed by atoms with Crippen LogP contribution < -0.4 is 4.74 Å². The fraction of sp³-hybridized carbons (Fsp3) is 0.533. The van der Waals surface area contributed by atoms with Gasteiger partial charge in [-0.3, -0.25) is 9.69 Å². The molecule has 1 heterocycles. The quantitative estimate of drug-likeness (QED) is 0.753. The first kappa shape index (κ1) is 13.9. The van der Waals surface area contributed by atoms with Gasteiger partial charge in [-0.2, -0.15) is 0 Å². The summed E-state index contributed by atoms with van der Waals surface area (Å²) in [6.45, 7) is 9.31. The normalized spacial score (nSPS) is 16.4. The number of ether oxygens (including phenoxy) is 1. The molecule has 0 unspecified atom stereocenters. The fourth-order valence-corrected chi connectivity index (χ4v) is 2.40. The van der Waals surface area contributed by atoms with Crippen LogP contribution in [0.5, 0.6) is 5.75 Å². The van der Waals surface area contributed by atoms with Gasteiger partial charge >= 0.3 is 0 Å². The minimum Gasteiger partial charge on any atom is -0.492 e. The maximum atomic E-state index is 10.6. The molecular weight excluding hydrogens is 240 g/mol. The number of amides is 1. The standard InChI is InChI=1S/C15H22N2O2/c1-13-9-14(2)11-15(10-13)19-8-7-16-3-5-17(12-18)6-4-16/h9-12H,3-8H2,1-2H3. The van der Waals surface area contributed by atoms with Gasteiger partial charge in [-0.25, -0.2) is 0 Å². The van der Waals surface area contributed by atoms with Crippen molar-refractivity contribution in [3.8, 4) is 5.75 Å². The minimum absolute atomic E-state index is 0.698. The Kier molecular flexibility index (Phi) is 4.80. The number of benzene rings is 1. The first-order chi connectivity index (χ1) is 9.17. The largest absolute Gasteiger partial charge is 0.492 e. The highest BCUT2D eigenvalue weighted by Gasteiger charge is 2.14. The van der Waals surface area contributed by atoms with Gasteiger partial charge in [-0.05, 0) is 37.1 Å². The molecule has 104 valence electrons. The Hall–Kier alpha value is -1.55. The van der Waals surface area contributed by atoms with E-state index in [4.69, 9.17) is 4.74 Å². The molecule has 2 rings (SSSR count). The van der Waals surface area contributed by atoms with Crippen LogP contribution in [0.25, 0.3) is 0 Å². The van der Waals surface area contributed by atoms with Crippen LogP contribution in [0.1, 0.15) is 11.1 Å². The van der Waals surface area contributed by atoms with Crippen molar-refractivity contribution in [2.24, 2.45) is 0 Å². The van der Waals surface area contributed by atoms with Crippen LogP contribution in [0.2, 0.25) is 0 Å². The number of rotatable bonds is 5. The Morgan fingerprint density at radius 2 is 1.74 bits per heavy atom. The molecule has 0 aliphatic carbocycles. The molecule has 0 saturated carbocycles. The summed E-state index contributed by atoms with van der Waals surface area (Å²) in [5.74, 6) is 0.948. The van der Waals surface area contributed by atoms with Crippen molar-refractivity contribution >= 4 is 6.41 Å². The average molecular weight is 262 g/mol. The second kappa shape index (κ2) is 6.57. The lowest BCUT2D eigenvalue weighted by atomic mass is 10.1. The number of hydrogen-bond acceptors (Lipinski definition) is 3.